The van der Waals surface area contributed by atoms with E-state index in [9.17, 15) is 9.90 Å². The van der Waals surface area contributed by atoms with Crippen LogP contribution in [0.2, 0.25) is 0 Å². The molecule has 0 heterocycles. The molecule has 5 heteroatoms. The zero-order valence-corrected chi connectivity index (χ0v) is 15.0. The summed E-state index contributed by atoms with van der Waals surface area (Å²) in [5.74, 6) is 0.0234. The lowest BCUT2D eigenvalue weighted by Gasteiger charge is -2.11. The average Bonchev–Trinajstić information content (AvgIpc) is 2.58. The molecular formula is C20H22O5. The highest BCUT2D eigenvalue weighted by atomic mass is 16.5. The van der Waals surface area contributed by atoms with Crippen LogP contribution in [0.25, 0.3) is 6.08 Å². The van der Waals surface area contributed by atoms with Crippen LogP contribution in [0.3, 0.4) is 0 Å². The SMILES string of the molecule is COc1cc(OC)cc(OC(=Cc2cc(C)c(C)cc2C)C(=O)O)c1. The van der Waals surface area contributed by atoms with Gasteiger partial charge in [0.1, 0.15) is 17.2 Å². The Labute approximate surface area is 147 Å². The summed E-state index contributed by atoms with van der Waals surface area (Å²) in [6.07, 6.45) is 1.52. The molecule has 0 atom stereocenters. The molecule has 0 fully saturated rings. The van der Waals surface area contributed by atoms with Gasteiger partial charge in [0.15, 0.2) is 0 Å². The van der Waals surface area contributed by atoms with Gasteiger partial charge < -0.3 is 19.3 Å². The number of carboxylic acid groups (broad SMARTS) is 1. The zero-order chi connectivity index (χ0) is 18.6. The van der Waals surface area contributed by atoms with E-state index in [-0.39, 0.29) is 5.76 Å². The monoisotopic (exact) mass is 342 g/mol. The average molecular weight is 342 g/mol. The first-order valence-electron chi connectivity index (χ1n) is 7.77. The number of rotatable bonds is 6. The fraction of sp³-hybridized carbons (Fsp3) is 0.250. The van der Waals surface area contributed by atoms with Gasteiger partial charge in [0.2, 0.25) is 5.76 Å². The van der Waals surface area contributed by atoms with E-state index in [1.54, 1.807) is 18.2 Å². The summed E-state index contributed by atoms with van der Waals surface area (Å²) >= 11 is 0. The fourth-order valence-corrected chi connectivity index (χ4v) is 2.38. The fourth-order valence-electron chi connectivity index (χ4n) is 2.38. The number of carbonyl (C=O) groups is 1. The van der Waals surface area contributed by atoms with E-state index in [1.165, 1.54) is 20.3 Å². The van der Waals surface area contributed by atoms with Crippen molar-refractivity contribution in [3.05, 3.63) is 58.3 Å². The van der Waals surface area contributed by atoms with Crippen molar-refractivity contribution in [1.29, 1.82) is 0 Å². The summed E-state index contributed by atoms with van der Waals surface area (Å²) in [5.41, 5.74) is 4.03. The first-order valence-corrected chi connectivity index (χ1v) is 7.77. The normalized spacial score (nSPS) is 11.2. The molecule has 0 radical (unpaired) electrons. The Balaban J connectivity index is 2.43. The molecule has 5 nitrogen and oxygen atoms in total. The van der Waals surface area contributed by atoms with E-state index in [1.807, 2.05) is 32.9 Å². The molecule has 2 aromatic rings. The van der Waals surface area contributed by atoms with Crippen LogP contribution in [0.5, 0.6) is 17.2 Å². The van der Waals surface area contributed by atoms with Gasteiger partial charge in [0.25, 0.3) is 0 Å². The molecule has 132 valence electrons. The van der Waals surface area contributed by atoms with Crippen molar-refractivity contribution in [3.63, 3.8) is 0 Å². The molecule has 0 aliphatic carbocycles. The molecule has 2 rings (SSSR count). The van der Waals surface area contributed by atoms with Crippen LogP contribution < -0.4 is 14.2 Å². The molecule has 0 aliphatic rings. The lowest BCUT2D eigenvalue weighted by Crippen LogP contribution is -2.08. The minimum atomic E-state index is -1.15. The summed E-state index contributed by atoms with van der Waals surface area (Å²) < 4.78 is 15.9. The van der Waals surface area contributed by atoms with Gasteiger partial charge in [-0.05, 0) is 49.1 Å². The van der Waals surface area contributed by atoms with Crippen molar-refractivity contribution in [2.24, 2.45) is 0 Å². The Morgan fingerprint density at radius 1 is 0.840 bits per heavy atom. The molecule has 2 aromatic carbocycles. The first-order chi connectivity index (χ1) is 11.8. The van der Waals surface area contributed by atoms with Crippen molar-refractivity contribution in [2.45, 2.75) is 20.8 Å². The number of carboxylic acids is 1. The number of aliphatic carboxylic acids is 1. The highest BCUT2D eigenvalue weighted by Gasteiger charge is 2.13. The summed E-state index contributed by atoms with van der Waals surface area (Å²) in [6.45, 7) is 5.94. The third kappa shape index (κ3) is 4.53. The quantitative estimate of drug-likeness (QED) is 0.631. The minimum Gasteiger partial charge on any atom is -0.496 e. The zero-order valence-electron chi connectivity index (χ0n) is 15.0. The van der Waals surface area contributed by atoms with Gasteiger partial charge in [0, 0.05) is 18.2 Å². The Kier molecular flexibility index (Phi) is 5.70. The van der Waals surface area contributed by atoms with Crippen LogP contribution in [0.1, 0.15) is 22.3 Å². The Bertz CT molecular complexity index is 799. The molecule has 0 spiro atoms. The first kappa shape index (κ1) is 18.4. The van der Waals surface area contributed by atoms with Gasteiger partial charge in [-0.2, -0.15) is 0 Å². The van der Waals surface area contributed by atoms with E-state index in [2.05, 4.69) is 0 Å². The molecule has 0 aromatic heterocycles. The number of aryl methyl sites for hydroxylation is 3. The molecule has 1 N–H and O–H groups in total. The van der Waals surface area contributed by atoms with Gasteiger partial charge in [0.05, 0.1) is 14.2 Å². The number of ether oxygens (including phenoxy) is 3. The van der Waals surface area contributed by atoms with Crippen molar-refractivity contribution < 1.29 is 24.1 Å². The third-order valence-electron chi connectivity index (χ3n) is 3.93. The van der Waals surface area contributed by atoms with E-state index in [4.69, 9.17) is 14.2 Å². The van der Waals surface area contributed by atoms with Gasteiger partial charge >= 0.3 is 5.97 Å². The molecule has 0 amide bonds. The van der Waals surface area contributed by atoms with Crippen LogP contribution in [-0.4, -0.2) is 25.3 Å². The summed E-state index contributed by atoms with van der Waals surface area (Å²) in [4.78, 5) is 11.6. The second kappa shape index (κ2) is 7.75. The Morgan fingerprint density at radius 2 is 1.36 bits per heavy atom. The standard InChI is InChI=1S/C20H22O5/c1-12-6-14(3)15(7-13(12)2)8-19(20(21)22)25-18-10-16(23-4)9-17(11-18)24-5/h6-11H,1-5H3,(H,21,22). The number of benzene rings is 2. The maximum absolute atomic E-state index is 11.6. The molecule has 0 saturated heterocycles. The van der Waals surface area contributed by atoms with Crippen molar-refractivity contribution >= 4 is 12.0 Å². The third-order valence-corrected chi connectivity index (χ3v) is 3.93. The predicted molar refractivity (Wildman–Crippen MR) is 96.4 cm³/mol. The molecule has 25 heavy (non-hydrogen) atoms. The smallest absolute Gasteiger partial charge is 0.371 e. The highest BCUT2D eigenvalue weighted by Crippen LogP contribution is 2.29. The molecular weight excluding hydrogens is 320 g/mol. The van der Waals surface area contributed by atoms with Crippen molar-refractivity contribution in [2.75, 3.05) is 14.2 Å². The van der Waals surface area contributed by atoms with Crippen LogP contribution >= 0.6 is 0 Å². The van der Waals surface area contributed by atoms with Gasteiger partial charge in [-0.25, -0.2) is 4.79 Å². The van der Waals surface area contributed by atoms with Gasteiger partial charge in [-0.15, -0.1) is 0 Å². The van der Waals surface area contributed by atoms with E-state index in [0.29, 0.717) is 17.2 Å². The van der Waals surface area contributed by atoms with Gasteiger partial charge in [-0.1, -0.05) is 12.1 Å². The lowest BCUT2D eigenvalue weighted by atomic mass is 10.0. The van der Waals surface area contributed by atoms with Crippen molar-refractivity contribution in [1.82, 2.24) is 0 Å². The highest BCUT2D eigenvalue weighted by molar-refractivity contribution is 5.90. The Morgan fingerprint density at radius 3 is 1.88 bits per heavy atom. The van der Waals surface area contributed by atoms with E-state index < -0.39 is 5.97 Å². The maximum Gasteiger partial charge on any atom is 0.371 e. The number of methoxy groups -OCH3 is 2. The lowest BCUT2D eigenvalue weighted by molar-refractivity contribution is -0.134. The van der Waals surface area contributed by atoms with Gasteiger partial charge in [-0.3, -0.25) is 0 Å². The summed E-state index contributed by atoms with van der Waals surface area (Å²) in [6, 6.07) is 8.86. The van der Waals surface area contributed by atoms with Crippen molar-refractivity contribution in [3.8, 4) is 17.2 Å². The van der Waals surface area contributed by atoms with Crippen LogP contribution in [-0.2, 0) is 4.79 Å². The summed E-state index contributed by atoms with van der Waals surface area (Å²) in [7, 11) is 3.04. The molecule has 0 unspecified atom stereocenters. The molecule has 0 saturated carbocycles. The van der Waals surface area contributed by atoms with Crippen LogP contribution in [0.15, 0.2) is 36.1 Å². The van der Waals surface area contributed by atoms with Crippen LogP contribution in [0, 0.1) is 20.8 Å². The Hall–Kier alpha value is -2.95. The second-order valence-electron chi connectivity index (χ2n) is 5.76. The topological polar surface area (TPSA) is 65.0 Å². The number of hydrogen-bond donors (Lipinski definition) is 1. The van der Waals surface area contributed by atoms with E-state index >= 15 is 0 Å². The second-order valence-corrected chi connectivity index (χ2v) is 5.76. The molecule has 0 aliphatic heterocycles. The summed E-state index contributed by atoms with van der Waals surface area (Å²) in [5, 5.41) is 9.51. The largest absolute Gasteiger partial charge is 0.496 e. The van der Waals surface area contributed by atoms with Crippen LogP contribution in [0.4, 0.5) is 0 Å². The number of hydrogen-bond acceptors (Lipinski definition) is 4. The maximum atomic E-state index is 11.6. The molecule has 0 bridgehead atoms. The predicted octanol–water partition coefficient (Wildman–Crippen LogP) is 4.13. The van der Waals surface area contributed by atoms with E-state index in [0.717, 1.165) is 22.3 Å². The minimum absolute atomic E-state index is 0.179.